The number of hydrogen-bond donors (Lipinski definition) is 2. The molecule has 1 fully saturated rings. The predicted octanol–water partition coefficient (Wildman–Crippen LogP) is 2.02. The maximum atomic E-state index is 12.1. The van der Waals surface area contributed by atoms with Crippen molar-refractivity contribution in [2.45, 2.75) is 31.8 Å². The van der Waals surface area contributed by atoms with Crippen molar-refractivity contribution < 1.29 is 9.53 Å². The zero-order valence-corrected chi connectivity index (χ0v) is 12.9. The molecule has 3 N–H and O–H groups in total. The van der Waals surface area contributed by atoms with E-state index in [2.05, 4.69) is 5.32 Å². The van der Waals surface area contributed by atoms with Crippen molar-refractivity contribution in [3.63, 3.8) is 0 Å². The number of nitrogens with zero attached hydrogens (tertiary/aromatic N) is 1. The molecule has 2 rings (SSSR count). The second-order valence-electron chi connectivity index (χ2n) is 5.70. The number of nitrogen functional groups attached to an aromatic ring is 1. The van der Waals surface area contributed by atoms with Gasteiger partial charge in [-0.25, -0.2) is 0 Å². The van der Waals surface area contributed by atoms with Crippen molar-refractivity contribution in [1.29, 1.82) is 0 Å². The Morgan fingerprint density at radius 3 is 2.86 bits per heavy atom. The van der Waals surface area contributed by atoms with Crippen LogP contribution in [0.1, 0.15) is 36.0 Å². The predicted molar refractivity (Wildman–Crippen MR) is 85.7 cm³/mol. The lowest BCUT2D eigenvalue weighted by atomic mass is 10.1. The molecule has 1 aliphatic rings. The van der Waals surface area contributed by atoms with Crippen molar-refractivity contribution in [1.82, 2.24) is 5.32 Å². The largest absolute Gasteiger partial charge is 0.397 e. The van der Waals surface area contributed by atoms with Gasteiger partial charge >= 0.3 is 0 Å². The maximum Gasteiger partial charge on any atom is 0.251 e. The summed E-state index contributed by atoms with van der Waals surface area (Å²) in [6, 6.07) is 5.40. The van der Waals surface area contributed by atoms with Crippen LogP contribution in [0.5, 0.6) is 0 Å². The first-order valence-electron chi connectivity index (χ1n) is 7.54. The Morgan fingerprint density at radius 1 is 1.43 bits per heavy atom. The molecule has 0 bridgehead atoms. The molecular weight excluding hydrogens is 266 g/mol. The summed E-state index contributed by atoms with van der Waals surface area (Å²) in [5, 5.41) is 2.93. The van der Waals surface area contributed by atoms with Crippen LogP contribution in [0.4, 0.5) is 11.4 Å². The number of benzene rings is 1. The summed E-state index contributed by atoms with van der Waals surface area (Å²) >= 11 is 0. The standard InChI is InChI=1S/C16H25N3O2/c1-19(2)15-7-6-12(11-14(15)17)16(20)18-9-8-13-5-3-4-10-21-13/h6-7,11,13H,3-5,8-10,17H2,1-2H3,(H,18,20). The minimum absolute atomic E-state index is 0.0807. The molecule has 0 radical (unpaired) electrons. The molecule has 0 aliphatic carbocycles. The molecule has 1 heterocycles. The van der Waals surface area contributed by atoms with Gasteiger partial charge in [-0.05, 0) is 43.9 Å². The number of carbonyl (C=O) groups excluding carboxylic acids is 1. The molecular formula is C16H25N3O2. The van der Waals surface area contributed by atoms with Crippen LogP contribution in [0.15, 0.2) is 18.2 Å². The highest BCUT2D eigenvalue weighted by atomic mass is 16.5. The highest BCUT2D eigenvalue weighted by molar-refractivity contribution is 5.96. The average Bonchev–Trinajstić information content (AvgIpc) is 2.47. The molecule has 116 valence electrons. The van der Waals surface area contributed by atoms with Gasteiger partial charge in [0.05, 0.1) is 17.5 Å². The second kappa shape index (κ2) is 7.31. The van der Waals surface area contributed by atoms with Gasteiger partial charge in [-0.2, -0.15) is 0 Å². The Labute approximate surface area is 126 Å². The Kier molecular flexibility index (Phi) is 5.44. The van der Waals surface area contributed by atoms with Gasteiger partial charge < -0.3 is 20.7 Å². The van der Waals surface area contributed by atoms with Crippen LogP contribution in [0.2, 0.25) is 0 Å². The molecule has 0 aromatic heterocycles. The van der Waals surface area contributed by atoms with Crippen molar-refractivity contribution in [2.24, 2.45) is 0 Å². The van der Waals surface area contributed by atoms with Crippen LogP contribution < -0.4 is 16.0 Å². The molecule has 1 saturated heterocycles. The van der Waals surface area contributed by atoms with E-state index in [-0.39, 0.29) is 5.91 Å². The molecule has 1 amide bonds. The Morgan fingerprint density at radius 2 is 2.24 bits per heavy atom. The number of carbonyl (C=O) groups is 1. The maximum absolute atomic E-state index is 12.1. The highest BCUT2D eigenvalue weighted by Crippen LogP contribution is 2.22. The van der Waals surface area contributed by atoms with Crippen LogP contribution in [0.25, 0.3) is 0 Å². The second-order valence-corrected chi connectivity index (χ2v) is 5.70. The number of nitrogens with two attached hydrogens (primary N) is 1. The molecule has 5 heteroatoms. The van der Waals surface area contributed by atoms with Crippen molar-refractivity contribution >= 4 is 17.3 Å². The molecule has 0 spiro atoms. The van der Waals surface area contributed by atoms with E-state index in [1.807, 2.05) is 25.1 Å². The van der Waals surface area contributed by atoms with Gasteiger partial charge in [-0.15, -0.1) is 0 Å². The van der Waals surface area contributed by atoms with Crippen LogP contribution in [0.3, 0.4) is 0 Å². The molecule has 1 aliphatic heterocycles. The summed E-state index contributed by atoms with van der Waals surface area (Å²) in [6.07, 6.45) is 4.64. The first-order valence-corrected chi connectivity index (χ1v) is 7.54. The van der Waals surface area contributed by atoms with Gasteiger partial charge in [0.25, 0.3) is 5.91 Å². The smallest absolute Gasteiger partial charge is 0.251 e. The fourth-order valence-corrected chi connectivity index (χ4v) is 2.59. The summed E-state index contributed by atoms with van der Waals surface area (Å²) < 4.78 is 5.65. The lowest BCUT2D eigenvalue weighted by molar-refractivity contribution is 0.0117. The summed E-state index contributed by atoms with van der Waals surface area (Å²) in [7, 11) is 3.85. The van der Waals surface area contributed by atoms with Gasteiger partial charge in [-0.3, -0.25) is 4.79 Å². The summed E-state index contributed by atoms with van der Waals surface area (Å²) in [5.41, 5.74) is 8.10. The Hall–Kier alpha value is -1.75. The van der Waals surface area contributed by atoms with E-state index in [4.69, 9.17) is 10.5 Å². The van der Waals surface area contributed by atoms with E-state index in [0.29, 0.717) is 23.9 Å². The fraction of sp³-hybridized carbons (Fsp3) is 0.562. The van der Waals surface area contributed by atoms with Crippen LogP contribution in [-0.2, 0) is 4.74 Å². The van der Waals surface area contributed by atoms with Gasteiger partial charge in [0.2, 0.25) is 0 Å². The molecule has 1 unspecified atom stereocenters. The SMILES string of the molecule is CN(C)c1ccc(C(=O)NCCC2CCCCO2)cc1N. The quantitative estimate of drug-likeness (QED) is 0.815. The summed E-state index contributed by atoms with van der Waals surface area (Å²) in [5.74, 6) is -0.0807. The molecule has 0 saturated carbocycles. The normalized spacial score (nSPS) is 18.3. The third-order valence-corrected chi connectivity index (χ3v) is 3.80. The van der Waals surface area contributed by atoms with Crippen molar-refractivity contribution in [3.05, 3.63) is 23.8 Å². The third kappa shape index (κ3) is 4.36. The number of anilines is 2. The number of amides is 1. The molecule has 1 atom stereocenters. The number of rotatable bonds is 5. The Bertz CT molecular complexity index is 482. The fourth-order valence-electron chi connectivity index (χ4n) is 2.59. The van der Waals surface area contributed by atoms with E-state index in [1.165, 1.54) is 6.42 Å². The van der Waals surface area contributed by atoms with Crippen molar-refractivity contribution in [3.8, 4) is 0 Å². The molecule has 1 aromatic carbocycles. The first-order chi connectivity index (χ1) is 10.1. The monoisotopic (exact) mass is 291 g/mol. The number of nitrogens with one attached hydrogen (secondary N) is 1. The lowest BCUT2D eigenvalue weighted by Crippen LogP contribution is -2.29. The van der Waals surface area contributed by atoms with Gasteiger partial charge in [0, 0.05) is 32.8 Å². The van der Waals surface area contributed by atoms with E-state index in [1.54, 1.807) is 12.1 Å². The average molecular weight is 291 g/mol. The first kappa shape index (κ1) is 15.6. The third-order valence-electron chi connectivity index (χ3n) is 3.80. The van der Waals surface area contributed by atoms with Crippen LogP contribution in [-0.4, -0.2) is 39.3 Å². The summed E-state index contributed by atoms with van der Waals surface area (Å²) in [4.78, 5) is 14.0. The van der Waals surface area contributed by atoms with Gasteiger partial charge in [-0.1, -0.05) is 0 Å². The van der Waals surface area contributed by atoms with E-state index in [0.717, 1.165) is 31.6 Å². The Balaban J connectivity index is 1.84. The lowest BCUT2D eigenvalue weighted by Gasteiger charge is -2.22. The molecule has 5 nitrogen and oxygen atoms in total. The van der Waals surface area contributed by atoms with Crippen molar-refractivity contribution in [2.75, 3.05) is 37.9 Å². The minimum Gasteiger partial charge on any atom is -0.397 e. The zero-order valence-electron chi connectivity index (χ0n) is 12.9. The van der Waals surface area contributed by atoms with E-state index in [9.17, 15) is 4.79 Å². The van der Waals surface area contributed by atoms with E-state index >= 15 is 0 Å². The highest BCUT2D eigenvalue weighted by Gasteiger charge is 2.14. The van der Waals surface area contributed by atoms with Gasteiger partial charge in [0.15, 0.2) is 0 Å². The minimum atomic E-state index is -0.0807. The topological polar surface area (TPSA) is 67.6 Å². The number of ether oxygens (including phenoxy) is 1. The molecule has 1 aromatic rings. The summed E-state index contributed by atoms with van der Waals surface area (Å²) in [6.45, 7) is 1.49. The zero-order chi connectivity index (χ0) is 15.2. The van der Waals surface area contributed by atoms with E-state index < -0.39 is 0 Å². The number of hydrogen-bond acceptors (Lipinski definition) is 4. The van der Waals surface area contributed by atoms with Crippen LogP contribution in [0, 0.1) is 0 Å². The van der Waals surface area contributed by atoms with Crippen LogP contribution >= 0.6 is 0 Å². The molecule has 21 heavy (non-hydrogen) atoms. The van der Waals surface area contributed by atoms with Gasteiger partial charge in [0.1, 0.15) is 0 Å².